The molecular formula is C15H16N8. The summed E-state index contributed by atoms with van der Waals surface area (Å²) < 4.78 is 1.66. The summed E-state index contributed by atoms with van der Waals surface area (Å²) in [4.78, 5) is 10.9. The van der Waals surface area contributed by atoms with Crippen LogP contribution >= 0.6 is 0 Å². The van der Waals surface area contributed by atoms with Crippen LogP contribution < -0.4 is 15.3 Å². The van der Waals surface area contributed by atoms with Crippen LogP contribution in [0, 0.1) is 0 Å². The SMILES string of the molecule is C=C1C(n2ccnn2)=CNN1c1cc(N2CC=CCC2)ncn1. The summed E-state index contributed by atoms with van der Waals surface area (Å²) in [5.41, 5.74) is 4.72. The van der Waals surface area contributed by atoms with Crippen molar-refractivity contribution < 1.29 is 0 Å². The van der Waals surface area contributed by atoms with Gasteiger partial charge in [-0.1, -0.05) is 23.9 Å². The number of hydrazine groups is 1. The quantitative estimate of drug-likeness (QED) is 0.853. The van der Waals surface area contributed by atoms with Gasteiger partial charge in [0.05, 0.1) is 18.1 Å². The van der Waals surface area contributed by atoms with Gasteiger partial charge >= 0.3 is 0 Å². The molecule has 4 heterocycles. The minimum Gasteiger partial charge on any atom is -0.352 e. The van der Waals surface area contributed by atoms with Crippen LogP contribution in [0.25, 0.3) is 5.70 Å². The van der Waals surface area contributed by atoms with Gasteiger partial charge in [0, 0.05) is 25.4 Å². The van der Waals surface area contributed by atoms with Gasteiger partial charge in [-0.05, 0) is 6.42 Å². The highest BCUT2D eigenvalue weighted by atomic mass is 15.6. The van der Waals surface area contributed by atoms with Crippen molar-refractivity contribution >= 4 is 17.3 Å². The van der Waals surface area contributed by atoms with Crippen molar-refractivity contribution in [3.8, 4) is 0 Å². The zero-order chi connectivity index (χ0) is 15.6. The molecule has 8 heteroatoms. The van der Waals surface area contributed by atoms with Crippen molar-refractivity contribution in [2.75, 3.05) is 23.0 Å². The average molecular weight is 308 g/mol. The van der Waals surface area contributed by atoms with E-state index < -0.39 is 0 Å². The smallest absolute Gasteiger partial charge is 0.157 e. The maximum absolute atomic E-state index is 4.38. The summed E-state index contributed by atoms with van der Waals surface area (Å²) in [6.07, 6.45) is 12.2. The molecule has 2 aliphatic rings. The Labute approximate surface area is 133 Å². The fraction of sp³-hybridized carbons (Fsp3) is 0.200. The van der Waals surface area contributed by atoms with Crippen molar-refractivity contribution in [3.63, 3.8) is 0 Å². The molecule has 2 aromatic rings. The lowest BCUT2D eigenvalue weighted by molar-refractivity contribution is 0.795. The zero-order valence-electron chi connectivity index (χ0n) is 12.5. The highest BCUT2D eigenvalue weighted by molar-refractivity contribution is 5.73. The summed E-state index contributed by atoms with van der Waals surface area (Å²) in [7, 11) is 0. The monoisotopic (exact) mass is 308 g/mol. The second kappa shape index (κ2) is 5.56. The number of nitrogens with one attached hydrogen (secondary N) is 1. The summed E-state index contributed by atoms with van der Waals surface area (Å²) in [5, 5.41) is 9.62. The number of rotatable bonds is 3. The van der Waals surface area contributed by atoms with Gasteiger partial charge in [0.25, 0.3) is 0 Å². The van der Waals surface area contributed by atoms with Gasteiger partial charge in [-0.25, -0.2) is 19.7 Å². The molecule has 2 aromatic heterocycles. The van der Waals surface area contributed by atoms with Crippen molar-refractivity contribution in [3.05, 3.63) is 55.4 Å². The predicted octanol–water partition coefficient (Wildman–Crippen LogP) is 1.17. The van der Waals surface area contributed by atoms with E-state index in [1.165, 1.54) is 0 Å². The number of allylic oxidation sites excluding steroid dienone is 1. The lowest BCUT2D eigenvalue weighted by Crippen LogP contribution is -2.31. The van der Waals surface area contributed by atoms with E-state index in [9.17, 15) is 0 Å². The first-order valence-electron chi connectivity index (χ1n) is 7.37. The number of hydrogen-bond acceptors (Lipinski definition) is 7. The van der Waals surface area contributed by atoms with Crippen LogP contribution in [0.15, 0.2) is 55.4 Å². The Hall–Kier alpha value is -3.16. The molecule has 1 N–H and O–H groups in total. The second-order valence-electron chi connectivity index (χ2n) is 5.23. The molecule has 0 radical (unpaired) electrons. The van der Waals surface area contributed by atoms with E-state index in [1.54, 1.807) is 23.4 Å². The minimum atomic E-state index is 0.737. The van der Waals surface area contributed by atoms with Crippen LogP contribution in [-0.4, -0.2) is 38.1 Å². The zero-order valence-corrected chi connectivity index (χ0v) is 12.5. The maximum Gasteiger partial charge on any atom is 0.157 e. The van der Waals surface area contributed by atoms with Crippen LogP contribution in [0.1, 0.15) is 6.42 Å². The van der Waals surface area contributed by atoms with E-state index in [4.69, 9.17) is 0 Å². The first-order valence-corrected chi connectivity index (χ1v) is 7.37. The normalized spacial score (nSPS) is 17.4. The van der Waals surface area contributed by atoms with Crippen molar-refractivity contribution in [2.45, 2.75) is 6.42 Å². The minimum absolute atomic E-state index is 0.737. The first-order chi connectivity index (χ1) is 11.3. The number of hydrogen-bond donors (Lipinski definition) is 1. The third kappa shape index (κ3) is 2.44. The Kier molecular flexibility index (Phi) is 3.26. The van der Waals surface area contributed by atoms with Gasteiger partial charge in [-0.2, -0.15) is 0 Å². The molecule has 23 heavy (non-hydrogen) atoms. The van der Waals surface area contributed by atoms with E-state index in [-0.39, 0.29) is 0 Å². The largest absolute Gasteiger partial charge is 0.352 e. The molecule has 0 aliphatic carbocycles. The molecule has 0 spiro atoms. The fourth-order valence-electron chi connectivity index (χ4n) is 2.62. The van der Waals surface area contributed by atoms with Gasteiger partial charge in [-0.3, -0.25) is 5.43 Å². The summed E-state index contributed by atoms with van der Waals surface area (Å²) >= 11 is 0. The molecule has 0 unspecified atom stereocenters. The van der Waals surface area contributed by atoms with Gasteiger partial charge in [0.15, 0.2) is 5.82 Å². The van der Waals surface area contributed by atoms with Crippen LogP contribution in [0.5, 0.6) is 0 Å². The summed E-state index contributed by atoms with van der Waals surface area (Å²) in [6, 6.07) is 1.95. The molecule has 0 saturated carbocycles. The third-order valence-corrected chi connectivity index (χ3v) is 3.81. The molecule has 8 nitrogen and oxygen atoms in total. The standard InChI is InChI=1S/C15H16N8/c1-12-13(22-8-5-18-20-22)10-19-23(12)15-9-14(16-11-17-15)21-6-3-2-4-7-21/h2-3,5,8-11,19H,1,4,6-7H2. The highest BCUT2D eigenvalue weighted by Crippen LogP contribution is 2.27. The molecule has 0 saturated heterocycles. The van der Waals surface area contributed by atoms with Crippen molar-refractivity contribution in [2.24, 2.45) is 0 Å². The second-order valence-corrected chi connectivity index (χ2v) is 5.23. The summed E-state index contributed by atoms with van der Waals surface area (Å²) in [6.45, 7) is 5.94. The number of nitrogens with zero attached hydrogens (tertiary/aromatic N) is 7. The van der Waals surface area contributed by atoms with Crippen LogP contribution in [0.4, 0.5) is 11.6 Å². The molecule has 4 rings (SSSR count). The van der Waals surface area contributed by atoms with Crippen LogP contribution in [0.2, 0.25) is 0 Å². The molecule has 0 fully saturated rings. The molecule has 0 atom stereocenters. The topological polar surface area (TPSA) is 75.0 Å². The number of anilines is 2. The van der Waals surface area contributed by atoms with Crippen LogP contribution in [-0.2, 0) is 0 Å². The summed E-state index contributed by atoms with van der Waals surface area (Å²) in [5.74, 6) is 1.64. The van der Waals surface area contributed by atoms with Gasteiger partial charge in [0.1, 0.15) is 17.8 Å². The van der Waals surface area contributed by atoms with Gasteiger partial charge in [-0.15, -0.1) is 5.10 Å². The molecule has 2 aliphatic heterocycles. The van der Waals surface area contributed by atoms with E-state index >= 15 is 0 Å². The highest BCUT2D eigenvalue weighted by Gasteiger charge is 2.23. The molecule has 116 valence electrons. The van der Waals surface area contributed by atoms with E-state index in [2.05, 4.69) is 49.3 Å². The van der Waals surface area contributed by atoms with E-state index in [0.717, 1.165) is 42.5 Å². The average Bonchev–Trinajstić information content (AvgIpc) is 3.25. The Balaban J connectivity index is 1.57. The lowest BCUT2D eigenvalue weighted by atomic mass is 10.2. The Morgan fingerprint density at radius 3 is 2.87 bits per heavy atom. The van der Waals surface area contributed by atoms with E-state index in [1.807, 2.05) is 17.3 Å². The predicted molar refractivity (Wildman–Crippen MR) is 87.1 cm³/mol. The first kappa shape index (κ1) is 13.5. The van der Waals surface area contributed by atoms with E-state index in [0.29, 0.717) is 0 Å². The lowest BCUT2D eigenvalue weighted by Gasteiger charge is -2.26. The number of aromatic nitrogens is 5. The molecule has 0 bridgehead atoms. The maximum atomic E-state index is 4.38. The Morgan fingerprint density at radius 2 is 2.09 bits per heavy atom. The van der Waals surface area contributed by atoms with Crippen molar-refractivity contribution in [1.29, 1.82) is 0 Å². The molecule has 0 aromatic carbocycles. The van der Waals surface area contributed by atoms with Gasteiger partial charge in [0.2, 0.25) is 0 Å². The van der Waals surface area contributed by atoms with Gasteiger partial charge < -0.3 is 4.90 Å². The third-order valence-electron chi connectivity index (χ3n) is 3.81. The Morgan fingerprint density at radius 1 is 1.17 bits per heavy atom. The van der Waals surface area contributed by atoms with Crippen LogP contribution in [0.3, 0.4) is 0 Å². The van der Waals surface area contributed by atoms with Crippen molar-refractivity contribution in [1.82, 2.24) is 30.4 Å². The molecular weight excluding hydrogens is 292 g/mol. The Bertz CT molecular complexity index is 777. The fourth-order valence-corrected chi connectivity index (χ4v) is 2.62. The molecule has 0 amide bonds.